The summed E-state index contributed by atoms with van der Waals surface area (Å²) in [6.45, 7) is 1.32. The molecule has 0 aliphatic heterocycles. The van der Waals surface area contributed by atoms with Gasteiger partial charge in [-0.05, 0) is 30.2 Å². The van der Waals surface area contributed by atoms with Crippen LogP contribution in [0.2, 0.25) is 0 Å². The number of fused-ring (bicyclic) bond motifs is 1. The van der Waals surface area contributed by atoms with E-state index in [9.17, 15) is 27.1 Å². The van der Waals surface area contributed by atoms with Crippen molar-refractivity contribution in [2.75, 3.05) is 10.5 Å². The second-order valence-electron chi connectivity index (χ2n) is 6.38. The van der Waals surface area contributed by atoms with Gasteiger partial charge < -0.3 is 5.11 Å². The minimum Gasteiger partial charge on any atom is -0.390 e. The monoisotopic (exact) mass is 424 g/mol. The highest BCUT2D eigenvalue weighted by atomic mass is 32.2. The average molecular weight is 424 g/mol. The summed E-state index contributed by atoms with van der Waals surface area (Å²) in [5.41, 5.74) is -0.249. The summed E-state index contributed by atoms with van der Waals surface area (Å²) in [6.07, 6.45) is 1.27. The number of aliphatic hydroxyl groups is 1. The molecule has 0 fully saturated rings. The maximum atomic E-state index is 14.7. The summed E-state index contributed by atoms with van der Waals surface area (Å²) in [5, 5.41) is 16.3. The molecule has 0 aliphatic rings. The number of ketones is 1. The van der Waals surface area contributed by atoms with Crippen LogP contribution in [0.25, 0.3) is 11.0 Å². The molecule has 0 amide bonds. The topological polar surface area (TPSA) is 125 Å². The number of pyridine rings is 1. The van der Waals surface area contributed by atoms with Gasteiger partial charge in [0, 0.05) is 18.0 Å². The first-order valence-electron chi connectivity index (χ1n) is 8.70. The number of aromatic amines is 1. The number of benzene rings is 1. The van der Waals surface area contributed by atoms with Crippen LogP contribution in [0.15, 0.2) is 24.4 Å². The molecule has 0 saturated carbocycles. The zero-order valence-corrected chi connectivity index (χ0v) is 16.2. The van der Waals surface area contributed by atoms with Gasteiger partial charge in [0.1, 0.15) is 5.82 Å². The molecule has 1 aromatic carbocycles. The average Bonchev–Trinajstić information content (AvgIpc) is 3.06. The quantitative estimate of drug-likeness (QED) is 0.477. The lowest BCUT2D eigenvalue weighted by molar-refractivity contribution is 0.0985. The second kappa shape index (κ2) is 8.21. The smallest absolute Gasteiger partial charge is 0.232 e. The fourth-order valence-corrected chi connectivity index (χ4v) is 3.99. The summed E-state index contributed by atoms with van der Waals surface area (Å²) < 4.78 is 54.7. The Balaban J connectivity index is 1.92. The molecule has 0 aliphatic carbocycles. The Hall–Kier alpha value is -2.92. The van der Waals surface area contributed by atoms with Crippen LogP contribution in [0.5, 0.6) is 0 Å². The van der Waals surface area contributed by atoms with Crippen molar-refractivity contribution in [2.45, 2.75) is 26.4 Å². The first kappa shape index (κ1) is 20.8. The number of sulfonamides is 1. The van der Waals surface area contributed by atoms with Crippen LogP contribution in [-0.2, 0) is 23.1 Å². The van der Waals surface area contributed by atoms with Crippen LogP contribution < -0.4 is 4.72 Å². The summed E-state index contributed by atoms with van der Waals surface area (Å²) in [6, 6.07) is 3.31. The van der Waals surface area contributed by atoms with Gasteiger partial charge in [0.05, 0.1) is 29.3 Å². The lowest BCUT2D eigenvalue weighted by Gasteiger charge is -2.11. The minimum atomic E-state index is -3.81. The molecule has 3 N–H and O–H groups in total. The molecule has 0 spiro atoms. The number of halogens is 2. The van der Waals surface area contributed by atoms with Crippen molar-refractivity contribution in [1.82, 2.24) is 15.2 Å². The van der Waals surface area contributed by atoms with E-state index in [0.717, 1.165) is 12.1 Å². The van der Waals surface area contributed by atoms with E-state index >= 15 is 0 Å². The third-order valence-corrected chi connectivity index (χ3v) is 5.65. The predicted molar refractivity (Wildman–Crippen MR) is 102 cm³/mol. The standard InChI is InChI=1S/C18H18F2N4O4S/c1-2-5-29(27,28)24-13-4-3-12(19)16(17(13)20)15(26)7-10-6-11-14(9-25)22-23-18(11)21-8-10/h3-4,6,8,24-25H,2,5,7,9H2,1H3,(H,21,22,23). The number of rotatable bonds is 8. The molecule has 2 aromatic heterocycles. The zero-order chi connectivity index (χ0) is 21.2. The van der Waals surface area contributed by atoms with Gasteiger partial charge in [-0.25, -0.2) is 22.2 Å². The molecule has 0 saturated heterocycles. The number of hydrogen-bond acceptors (Lipinski definition) is 6. The number of carbonyl (C=O) groups excluding carboxylic acids is 1. The summed E-state index contributed by atoms with van der Waals surface area (Å²) in [5.74, 6) is -3.49. The van der Waals surface area contributed by atoms with Gasteiger partial charge in [0.2, 0.25) is 10.0 Å². The van der Waals surface area contributed by atoms with Crippen LogP contribution in [0, 0.1) is 11.6 Å². The summed E-state index contributed by atoms with van der Waals surface area (Å²) in [7, 11) is -3.81. The van der Waals surface area contributed by atoms with Crippen molar-refractivity contribution < 1.29 is 27.1 Å². The first-order chi connectivity index (χ1) is 13.8. The molecule has 0 unspecified atom stereocenters. The number of carbonyl (C=O) groups is 1. The van der Waals surface area contributed by atoms with Crippen LogP contribution in [0.1, 0.15) is 35.0 Å². The molecule has 0 atom stereocenters. The molecular weight excluding hydrogens is 406 g/mol. The van der Waals surface area contributed by atoms with E-state index in [4.69, 9.17) is 0 Å². The number of nitrogens with one attached hydrogen (secondary N) is 2. The van der Waals surface area contributed by atoms with E-state index in [-0.39, 0.29) is 18.8 Å². The van der Waals surface area contributed by atoms with Crippen molar-refractivity contribution in [1.29, 1.82) is 0 Å². The van der Waals surface area contributed by atoms with Crippen molar-refractivity contribution in [2.24, 2.45) is 0 Å². The Morgan fingerprint density at radius 2 is 2.07 bits per heavy atom. The number of H-pyrrole nitrogens is 1. The lowest BCUT2D eigenvalue weighted by Crippen LogP contribution is -2.19. The third-order valence-electron chi connectivity index (χ3n) is 4.18. The summed E-state index contributed by atoms with van der Waals surface area (Å²) >= 11 is 0. The largest absolute Gasteiger partial charge is 0.390 e. The fraction of sp³-hybridized carbons (Fsp3) is 0.278. The third kappa shape index (κ3) is 4.40. The number of aromatic nitrogens is 3. The van der Waals surface area contributed by atoms with Crippen molar-refractivity contribution >= 4 is 32.5 Å². The van der Waals surface area contributed by atoms with E-state index < -0.39 is 38.7 Å². The number of aliphatic hydroxyl groups excluding tert-OH is 1. The Bertz CT molecular complexity index is 1180. The minimum absolute atomic E-state index is 0.239. The maximum Gasteiger partial charge on any atom is 0.232 e. The lowest BCUT2D eigenvalue weighted by atomic mass is 10.0. The SMILES string of the molecule is CCCS(=O)(=O)Nc1ccc(F)c(C(=O)Cc2cnc3n[nH]c(CO)c3c2)c1F. The predicted octanol–water partition coefficient (Wildman–Crippen LogP) is 2.31. The van der Waals surface area contributed by atoms with Crippen molar-refractivity contribution in [3.63, 3.8) is 0 Å². The molecule has 154 valence electrons. The van der Waals surface area contributed by atoms with E-state index in [1.165, 1.54) is 6.20 Å². The number of hydrogen-bond donors (Lipinski definition) is 3. The number of Topliss-reactive ketones (excluding diaryl/α,β-unsaturated/α-hetero) is 1. The van der Waals surface area contributed by atoms with Gasteiger partial charge in [-0.3, -0.25) is 14.6 Å². The molecule has 2 heterocycles. The van der Waals surface area contributed by atoms with Gasteiger partial charge in [0.25, 0.3) is 0 Å². The van der Waals surface area contributed by atoms with Crippen molar-refractivity contribution in [3.8, 4) is 0 Å². The van der Waals surface area contributed by atoms with E-state index in [1.54, 1.807) is 13.0 Å². The Morgan fingerprint density at radius 1 is 1.31 bits per heavy atom. The van der Waals surface area contributed by atoms with Gasteiger partial charge >= 0.3 is 0 Å². The highest BCUT2D eigenvalue weighted by Crippen LogP contribution is 2.24. The van der Waals surface area contributed by atoms with Gasteiger partial charge in [-0.1, -0.05) is 6.92 Å². The molecule has 3 rings (SSSR count). The Kier molecular flexibility index (Phi) is 5.89. The molecule has 3 aromatic rings. The van der Waals surface area contributed by atoms with Gasteiger partial charge in [0.15, 0.2) is 17.2 Å². The molecule has 0 radical (unpaired) electrons. The Morgan fingerprint density at radius 3 is 2.76 bits per heavy atom. The van der Waals surface area contributed by atoms with E-state index in [1.807, 2.05) is 4.72 Å². The first-order valence-corrected chi connectivity index (χ1v) is 10.4. The molecular formula is C18H18F2N4O4S. The van der Waals surface area contributed by atoms with Crippen molar-refractivity contribution in [3.05, 3.63) is 52.9 Å². The second-order valence-corrected chi connectivity index (χ2v) is 8.22. The van der Waals surface area contributed by atoms with Crippen LogP contribution in [-0.4, -0.2) is 40.2 Å². The number of anilines is 1. The fourth-order valence-electron chi connectivity index (χ4n) is 2.86. The van der Waals surface area contributed by atoms with E-state index in [0.29, 0.717) is 28.7 Å². The highest BCUT2D eigenvalue weighted by molar-refractivity contribution is 7.92. The maximum absolute atomic E-state index is 14.7. The van der Waals surface area contributed by atoms with Crippen LogP contribution >= 0.6 is 0 Å². The molecule has 11 heteroatoms. The molecule has 8 nitrogen and oxygen atoms in total. The normalized spacial score (nSPS) is 11.7. The highest BCUT2D eigenvalue weighted by Gasteiger charge is 2.23. The van der Waals surface area contributed by atoms with E-state index in [2.05, 4.69) is 15.2 Å². The molecule has 29 heavy (non-hydrogen) atoms. The van der Waals surface area contributed by atoms with Gasteiger partial charge in [-0.2, -0.15) is 5.10 Å². The number of nitrogens with zero attached hydrogens (tertiary/aromatic N) is 2. The van der Waals surface area contributed by atoms with Crippen LogP contribution in [0.3, 0.4) is 0 Å². The zero-order valence-electron chi connectivity index (χ0n) is 15.4. The van der Waals surface area contributed by atoms with Crippen LogP contribution in [0.4, 0.5) is 14.5 Å². The van der Waals surface area contributed by atoms with Gasteiger partial charge in [-0.15, -0.1) is 0 Å². The summed E-state index contributed by atoms with van der Waals surface area (Å²) in [4.78, 5) is 16.6. The molecule has 0 bridgehead atoms. The Labute approximate surface area is 165 Å².